The van der Waals surface area contributed by atoms with E-state index in [-0.39, 0.29) is 6.10 Å². The summed E-state index contributed by atoms with van der Waals surface area (Å²) >= 11 is 0. The zero-order chi connectivity index (χ0) is 10.8. The van der Waals surface area contributed by atoms with E-state index >= 15 is 0 Å². The fraction of sp³-hybridized carbons (Fsp3) is 1.00. The van der Waals surface area contributed by atoms with Gasteiger partial charge in [-0.3, -0.25) is 0 Å². The Morgan fingerprint density at radius 3 is 2.36 bits per heavy atom. The van der Waals surface area contributed by atoms with Crippen LogP contribution in [0.15, 0.2) is 0 Å². The van der Waals surface area contributed by atoms with Crippen LogP contribution < -0.4 is 5.32 Å². The number of hydrogen-bond acceptors (Lipinski definition) is 3. The molecule has 0 radical (unpaired) electrons. The summed E-state index contributed by atoms with van der Waals surface area (Å²) in [7, 11) is 0. The van der Waals surface area contributed by atoms with Crippen molar-refractivity contribution >= 4 is 0 Å². The lowest BCUT2D eigenvalue weighted by Crippen LogP contribution is -2.34. The molecular formula is C11H25NO2. The molecule has 0 aliphatic carbocycles. The van der Waals surface area contributed by atoms with Gasteiger partial charge in [0.15, 0.2) is 0 Å². The number of nitrogens with one attached hydrogen (secondary N) is 1. The Kier molecular flexibility index (Phi) is 9.35. The Balaban J connectivity index is 3.46. The van der Waals surface area contributed by atoms with Gasteiger partial charge in [0.2, 0.25) is 0 Å². The van der Waals surface area contributed by atoms with Crippen molar-refractivity contribution in [2.75, 3.05) is 26.4 Å². The molecule has 3 nitrogen and oxygen atoms in total. The maximum absolute atomic E-state index is 5.66. The summed E-state index contributed by atoms with van der Waals surface area (Å²) < 4.78 is 10.9. The molecule has 0 rings (SSSR count). The van der Waals surface area contributed by atoms with Crippen LogP contribution >= 0.6 is 0 Å². The van der Waals surface area contributed by atoms with Gasteiger partial charge in [-0.2, -0.15) is 0 Å². The molecule has 0 bridgehead atoms. The van der Waals surface area contributed by atoms with Crippen molar-refractivity contribution in [1.82, 2.24) is 5.32 Å². The van der Waals surface area contributed by atoms with E-state index in [2.05, 4.69) is 19.2 Å². The van der Waals surface area contributed by atoms with Crippen molar-refractivity contribution in [3.05, 3.63) is 0 Å². The maximum atomic E-state index is 5.66. The van der Waals surface area contributed by atoms with E-state index in [0.717, 1.165) is 26.2 Å². The minimum Gasteiger partial charge on any atom is -0.379 e. The van der Waals surface area contributed by atoms with Crippen molar-refractivity contribution in [3.8, 4) is 0 Å². The molecule has 1 N–H and O–H groups in total. The molecule has 0 spiro atoms. The van der Waals surface area contributed by atoms with E-state index in [1.165, 1.54) is 0 Å². The molecular weight excluding hydrogens is 178 g/mol. The van der Waals surface area contributed by atoms with E-state index in [4.69, 9.17) is 9.47 Å². The molecule has 0 aromatic carbocycles. The van der Waals surface area contributed by atoms with Gasteiger partial charge in [-0.05, 0) is 26.8 Å². The van der Waals surface area contributed by atoms with Crippen LogP contribution in [-0.2, 0) is 9.47 Å². The zero-order valence-corrected chi connectivity index (χ0v) is 10.0. The summed E-state index contributed by atoms with van der Waals surface area (Å²) in [4.78, 5) is 0. The lowest BCUT2D eigenvalue weighted by Gasteiger charge is -2.19. The smallest absolute Gasteiger partial charge is 0.0781 e. The third-order valence-corrected chi connectivity index (χ3v) is 2.12. The number of likely N-dealkylation sites (N-methyl/N-ethyl adjacent to an activating group) is 1. The Bertz CT molecular complexity index is 120. The molecule has 0 aromatic heterocycles. The summed E-state index contributed by atoms with van der Waals surface area (Å²) in [6, 6.07) is 0.476. The van der Waals surface area contributed by atoms with Gasteiger partial charge in [0, 0.05) is 12.6 Å². The van der Waals surface area contributed by atoms with Gasteiger partial charge in [0.25, 0.3) is 0 Å². The summed E-state index contributed by atoms with van der Waals surface area (Å²) in [5.74, 6) is 0. The van der Waals surface area contributed by atoms with Crippen molar-refractivity contribution < 1.29 is 9.47 Å². The monoisotopic (exact) mass is 203 g/mol. The van der Waals surface area contributed by atoms with Crippen molar-refractivity contribution in [3.63, 3.8) is 0 Å². The van der Waals surface area contributed by atoms with E-state index in [1.807, 2.05) is 13.8 Å². The lowest BCUT2D eigenvalue weighted by atomic mass is 10.2. The van der Waals surface area contributed by atoms with Gasteiger partial charge >= 0.3 is 0 Å². The van der Waals surface area contributed by atoms with Crippen molar-refractivity contribution in [1.29, 1.82) is 0 Å². The van der Waals surface area contributed by atoms with Crippen LogP contribution in [0.4, 0.5) is 0 Å². The van der Waals surface area contributed by atoms with Gasteiger partial charge in [-0.1, -0.05) is 13.8 Å². The Hall–Kier alpha value is -0.120. The topological polar surface area (TPSA) is 30.5 Å². The molecule has 0 heterocycles. The molecule has 0 saturated heterocycles. The standard InChI is InChI=1S/C11H25NO2/c1-5-11(12-6-2)9-14-10(4)8-13-7-3/h10-12H,5-9H2,1-4H3. The second-order valence-electron chi connectivity index (χ2n) is 3.47. The number of ether oxygens (including phenoxy) is 2. The summed E-state index contributed by atoms with van der Waals surface area (Å²) in [5.41, 5.74) is 0. The second-order valence-corrected chi connectivity index (χ2v) is 3.47. The normalized spacial score (nSPS) is 15.4. The molecule has 0 fully saturated rings. The van der Waals surface area contributed by atoms with Crippen LogP contribution in [0.2, 0.25) is 0 Å². The fourth-order valence-electron chi connectivity index (χ4n) is 1.22. The molecule has 0 aliphatic rings. The second kappa shape index (κ2) is 9.44. The molecule has 2 unspecified atom stereocenters. The van der Waals surface area contributed by atoms with E-state index < -0.39 is 0 Å². The Morgan fingerprint density at radius 2 is 1.86 bits per heavy atom. The van der Waals surface area contributed by atoms with E-state index in [0.29, 0.717) is 12.6 Å². The van der Waals surface area contributed by atoms with Gasteiger partial charge in [0.1, 0.15) is 0 Å². The highest BCUT2D eigenvalue weighted by molar-refractivity contribution is 4.63. The fourth-order valence-corrected chi connectivity index (χ4v) is 1.22. The lowest BCUT2D eigenvalue weighted by molar-refractivity contribution is -0.0115. The van der Waals surface area contributed by atoms with Gasteiger partial charge in [-0.25, -0.2) is 0 Å². The maximum Gasteiger partial charge on any atom is 0.0781 e. The molecule has 86 valence electrons. The third-order valence-electron chi connectivity index (χ3n) is 2.12. The molecule has 0 aliphatic heterocycles. The van der Waals surface area contributed by atoms with Crippen LogP contribution in [0.25, 0.3) is 0 Å². The van der Waals surface area contributed by atoms with Crippen LogP contribution in [0.1, 0.15) is 34.1 Å². The molecule has 0 amide bonds. The molecule has 2 atom stereocenters. The minimum atomic E-state index is 0.197. The first-order chi connectivity index (χ1) is 6.74. The number of hydrogen-bond donors (Lipinski definition) is 1. The Morgan fingerprint density at radius 1 is 1.14 bits per heavy atom. The first kappa shape index (κ1) is 13.9. The first-order valence-electron chi connectivity index (χ1n) is 5.67. The predicted molar refractivity (Wildman–Crippen MR) is 59.7 cm³/mol. The van der Waals surface area contributed by atoms with Crippen molar-refractivity contribution in [2.45, 2.75) is 46.3 Å². The largest absolute Gasteiger partial charge is 0.379 e. The molecule has 0 saturated carbocycles. The van der Waals surface area contributed by atoms with Gasteiger partial charge in [0.05, 0.1) is 19.3 Å². The number of rotatable bonds is 9. The van der Waals surface area contributed by atoms with E-state index in [1.54, 1.807) is 0 Å². The highest BCUT2D eigenvalue weighted by atomic mass is 16.5. The highest BCUT2D eigenvalue weighted by Crippen LogP contribution is 1.97. The van der Waals surface area contributed by atoms with Gasteiger partial charge in [-0.15, -0.1) is 0 Å². The van der Waals surface area contributed by atoms with Gasteiger partial charge < -0.3 is 14.8 Å². The average Bonchev–Trinajstić information content (AvgIpc) is 2.21. The predicted octanol–water partition coefficient (Wildman–Crippen LogP) is 1.82. The summed E-state index contributed by atoms with van der Waals surface area (Å²) in [6.07, 6.45) is 1.30. The summed E-state index contributed by atoms with van der Waals surface area (Å²) in [6.45, 7) is 11.6. The van der Waals surface area contributed by atoms with Crippen LogP contribution in [0, 0.1) is 0 Å². The SMILES string of the molecule is CCNC(CC)COC(C)COCC. The first-order valence-corrected chi connectivity index (χ1v) is 5.67. The minimum absolute atomic E-state index is 0.197. The van der Waals surface area contributed by atoms with Crippen LogP contribution in [0.5, 0.6) is 0 Å². The summed E-state index contributed by atoms with van der Waals surface area (Å²) in [5, 5.41) is 3.38. The third kappa shape index (κ3) is 7.30. The van der Waals surface area contributed by atoms with Crippen LogP contribution in [-0.4, -0.2) is 38.5 Å². The zero-order valence-electron chi connectivity index (χ0n) is 10.0. The Labute approximate surface area is 88.2 Å². The van der Waals surface area contributed by atoms with Crippen LogP contribution in [0.3, 0.4) is 0 Å². The highest BCUT2D eigenvalue weighted by Gasteiger charge is 2.07. The van der Waals surface area contributed by atoms with Crippen molar-refractivity contribution in [2.24, 2.45) is 0 Å². The average molecular weight is 203 g/mol. The quantitative estimate of drug-likeness (QED) is 0.620. The molecule has 3 heteroatoms. The molecule has 0 aromatic rings. The molecule has 14 heavy (non-hydrogen) atoms. The van der Waals surface area contributed by atoms with E-state index in [9.17, 15) is 0 Å².